The van der Waals surface area contributed by atoms with Crippen molar-refractivity contribution in [1.82, 2.24) is 14.5 Å². The third-order valence-electron chi connectivity index (χ3n) is 3.99. The van der Waals surface area contributed by atoms with Crippen molar-refractivity contribution in [2.45, 2.75) is 38.3 Å². The molecule has 1 fully saturated rings. The number of aromatic nitrogens is 3. The Hall–Kier alpha value is -2.37. The van der Waals surface area contributed by atoms with Crippen LogP contribution in [0.2, 0.25) is 0 Å². The highest BCUT2D eigenvalue weighted by Crippen LogP contribution is 2.40. The predicted molar refractivity (Wildman–Crippen MR) is 80.5 cm³/mol. The zero-order valence-corrected chi connectivity index (χ0v) is 12.1. The van der Waals surface area contributed by atoms with Crippen molar-refractivity contribution < 1.29 is 0 Å². The molecule has 1 aliphatic rings. The molecule has 0 radical (unpaired) electrons. The van der Waals surface area contributed by atoms with E-state index in [-0.39, 0.29) is 17.5 Å². The van der Waals surface area contributed by atoms with Gasteiger partial charge in [-0.15, -0.1) is 0 Å². The summed E-state index contributed by atoms with van der Waals surface area (Å²) in [5.74, 6) is 0.210. The van der Waals surface area contributed by atoms with Gasteiger partial charge in [0, 0.05) is 0 Å². The Balaban J connectivity index is 1.88. The van der Waals surface area contributed by atoms with Crippen LogP contribution in [-0.2, 0) is 5.54 Å². The number of rotatable bonds is 4. The molecule has 0 unspecified atom stereocenters. The summed E-state index contributed by atoms with van der Waals surface area (Å²) >= 11 is 0. The summed E-state index contributed by atoms with van der Waals surface area (Å²) in [6.45, 7) is 3.84. The van der Waals surface area contributed by atoms with Gasteiger partial charge in [-0.1, -0.05) is 30.3 Å². The highest BCUT2D eigenvalue weighted by molar-refractivity contribution is 5.30. The Morgan fingerprint density at radius 1 is 1.29 bits per heavy atom. The molecule has 2 aromatic rings. The van der Waals surface area contributed by atoms with Crippen LogP contribution in [0.1, 0.15) is 38.3 Å². The smallest absolute Gasteiger partial charge is 0.349 e. The van der Waals surface area contributed by atoms with Crippen LogP contribution in [0.5, 0.6) is 0 Å². The van der Waals surface area contributed by atoms with Gasteiger partial charge in [-0.2, -0.15) is 4.98 Å². The molecule has 1 aromatic heterocycles. The normalized spacial score (nSPS) is 17.2. The summed E-state index contributed by atoms with van der Waals surface area (Å²) in [4.78, 5) is 30.7. The molecule has 1 saturated carbocycles. The van der Waals surface area contributed by atoms with E-state index in [4.69, 9.17) is 0 Å². The molecule has 6 heteroatoms. The first kappa shape index (κ1) is 13.6. The maximum absolute atomic E-state index is 12.1. The lowest BCUT2D eigenvalue weighted by atomic mass is 10.1. The van der Waals surface area contributed by atoms with Gasteiger partial charge in [-0.05, 0) is 32.3 Å². The van der Waals surface area contributed by atoms with Crippen molar-refractivity contribution in [3.8, 4) is 0 Å². The number of nitrogens with one attached hydrogen (secondary N) is 2. The molecule has 110 valence electrons. The SMILES string of the molecule is C[C@H](Nc1nc(=O)n(C2(C)CC2)c(=O)[nH]1)c1ccccc1. The van der Waals surface area contributed by atoms with Crippen molar-refractivity contribution in [1.29, 1.82) is 0 Å². The largest absolute Gasteiger partial charge is 0.355 e. The van der Waals surface area contributed by atoms with Gasteiger partial charge >= 0.3 is 11.4 Å². The van der Waals surface area contributed by atoms with Gasteiger partial charge in [0.2, 0.25) is 5.95 Å². The highest BCUT2D eigenvalue weighted by atomic mass is 16.2. The Morgan fingerprint density at radius 2 is 1.95 bits per heavy atom. The molecule has 0 aliphatic heterocycles. The molecule has 1 aromatic carbocycles. The van der Waals surface area contributed by atoms with E-state index in [0.717, 1.165) is 18.4 Å². The summed E-state index contributed by atoms with van der Waals surface area (Å²) in [6.07, 6.45) is 1.68. The quantitative estimate of drug-likeness (QED) is 0.895. The molecule has 2 N–H and O–H groups in total. The molecule has 1 heterocycles. The minimum absolute atomic E-state index is 0.0545. The third kappa shape index (κ3) is 2.61. The number of nitrogens with zero attached hydrogens (tertiary/aromatic N) is 2. The molecule has 0 amide bonds. The molecular formula is C15H18N4O2. The molecule has 1 atom stereocenters. The fraction of sp³-hybridized carbons (Fsp3) is 0.400. The minimum Gasteiger partial charge on any atom is -0.349 e. The van der Waals surface area contributed by atoms with Gasteiger partial charge in [-0.25, -0.2) is 14.2 Å². The molecule has 3 rings (SSSR count). The number of benzene rings is 1. The summed E-state index contributed by atoms with van der Waals surface area (Å²) in [7, 11) is 0. The zero-order valence-electron chi connectivity index (χ0n) is 12.1. The van der Waals surface area contributed by atoms with E-state index in [1.807, 2.05) is 44.2 Å². The Labute approximate surface area is 121 Å². The number of hydrogen-bond acceptors (Lipinski definition) is 4. The predicted octanol–water partition coefficient (Wildman–Crippen LogP) is 1.61. The second-order valence-corrected chi connectivity index (χ2v) is 5.78. The van der Waals surface area contributed by atoms with Crippen LogP contribution in [0.15, 0.2) is 39.9 Å². The fourth-order valence-corrected chi connectivity index (χ4v) is 2.40. The van der Waals surface area contributed by atoms with Crippen LogP contribution in [0.25, 0.3) is 0 Å². The Morgan fingerprint density at radius 3 is 2.52 bits per heavy atom. The van der Waals surface area contributed by atoms with E-state index in [2.05, 4.69) is 15.3 Å². The van der Waals surface area contributed by atoms with Crippen LogP contribution in [0.3, 0.4) is 0 Å². The number of H-pyrrole nitrogens is 1. The second-order valence-electron chi connectivity index (χ2n) is 5.78. The van der Waals surface area contributed by atoms with Gasteiger partial charge < -0.3 is 5.32 Å². The lowest BCUT2D eigenvalue weighted by Gasteiger charge is -2.16. The van der Waals surface area contributed by atoms with E-state index in [9.17, 15) is 9.59 Å². The topological polar surface area (TPSA) is 79.8 Å². The fourth-order valence-electron chi connectivity index (χ4n) is 2.40. The number of hydrogen-bond donors (Lipinski definition) is 2. The summed E-state index contributed by atoms with van der Waals surface area (Å²) in [6, 6.07) is 9.71. The first-order valence-electron chi connectivity index (χ1n) is 7.05. The third-order valence-corrected chi connectivity index (χ3v) is 3.99. The minimum atomic E-state index is -0.499. The van der Waals surface area contributed by atoms with Crippen molar-refractivity contribution in [2.24, 2.45) is 0 Å². The van der Waals surface area contributed by atoms with E-state index < -0.39 is 11.4 Å². The van der Waals surface area contributed by atoms with Gasteiger partial charge in [0.15, 0.2) is 0 Å². The van der Waals surface area contributed by atoms with Gasteiger partial charge in [-0.3, -0.25) is 4.98 Å². The first-order valence-corrected chi connectivity index (χ1v) is 7.05. The summed E-state index contributed by atoms with van der Waals surface area (Å²) in [5, 5.41) is 3.06. The van der Waals surface area contributed by atoms with Crippen molar-refractivity contribution in [2.75, 3.05) is 5.32 Å². The van der Waals surface area contributed by atoms with E-state index in [1.54, 1.807) is 0 Å². The molecule has 0 spiro atoms. The van der Waals surface area contributed by atoms with Crippen molar-refractivity contribution >= 4 is 5.95 Å². The molecule has 6 nitrogen and oxygen atoms in total. The molecule has 1 aliphatic carbocycles. The molecule has 21 heavy (non-hydrogen) atoms. The Kier molecular flexibility index (Phi) is 3.16. The standard InChI is InChI=1S/C15H18N4O2/c1-10(11-6-4-3-5-7-11)16-12-17-13(20)19(14(21)18-12)15(2)8-9-15/h3-7,10H,8-9H2,1-2H3,(H2,16,17,18,20,21)/t10-/m0/s1. The average molecular weight is 286 g/mol. The lowest BCUT2D eigenvalue weighted by molar-refractivity contribution is 0.473. The average Bonchev–Trinajstić information content (AvgIpc) is 3.17. The molecular weight excluding hydrogens is 268 g/mol. The summed E-state index contributed by atoms with van der Waals surface area (Å²) < 4.78 is 1.21. The van der Waals surface area contributed by atoms with Gasteiger partial charge in [0.25, 0.3) is 0 Å². The van der Waals surface area contributed by atoms with Gasteiger partial charge in [0.1, 0.15) is 0 Å². The Bertz CT molecular complexity index is 728. The number of aromatic amines is 1. The maximum Gasteiger partial charge on any atom is 0.355 e. The van der Waals surface area contributed by atoms with Crippen LogP contribution in [0, 0.1) is 0 Å². The van der Waals surface area contributed by atoms with Crippen LogP contribution in [0.4, 0.5) is 5.95 Å². The molecule has 0 saturated heterocycles. The van der Waals surface area contributed by atoms with Crippen molar-refractivity contribution in [3.63, 3.8) is 0 Å². The first-order chi connectivity index (χ1) is 9.99. The number of anilines is 1. The van der Waals surface area contributed by atoms with E-state index in [0.29, 0.717) is 0 Å². The lowest BCUT2D eigenvalue weighted by Crippen LogP contribution is -2.43. The van der Waals surface area contributed by atoms with Crippen molar-refractivity contribution in [3.05, 3.63) is 56.9 Å². The highest BCUT2D eigenvalue weighted by Gasteiger charge is 2.42. The zero-order chi connectivity index (χ0) is 15.0. The van der Waals surface area contributed by atoms with E-state index in [1.165, 1.54) is 4.57 Å². The summed E-state index contributed by atoms with van der Waals surface area (Å²) in [5.41, 5.74) is -0.209. The second kappa shape index (κ2) is 4.87. The molecule has 0 bridgehead atoms. The van der Waals surface area contributed by atoms with Crippen LogP contribution >= 0.6 is 0 Å². The maximum atomic E-state index is 12.1. The monoisotopic (exact) mass is 286 g/mol. The van der Waals surface area contributed by atoms with Gasteiger partial charge in [0.05, 0.1) is 11.6 Å². The van der Waals surface area contributed by atoms with E-state index >= 15 is 0 Å². The van der Waals surface area contributed by atoms with Crippen LogP contribution < -0.4 is 16.7 Å². The van der Waals surface area contributed by atoms with Crippen LogP contribution in [-0.4, -0.2) is 14.5 Å².